The predicted octanol–water partition coefficient (Wildman–Crippen LogP) is 1.41. The topological polar surface area (TPSA) is 86.9 Å². The zero-order valence-corrected chi connectivity index (χ0v) is 9.84. The van der Waals surface area contributed by atoms with E-state index < -0.39 is 5.91 Å². The molecule has 90 valence electrons. The highest BCUT2D eigenvalue weighted by molar-refractivity contribution is 6.10. The number of hydrogen-bond donors (Lipinski definition) is 2. The van der Waals surface area contributed by atoms with E-state index in [4.69, 9.17) is 11.5 Å². The van der Waals surface area contributed by atoms with Crippen molar-refractivity contribution >= 4 is 33.7 Å². The summed E-state index contributed by atoms with van der Waals surface area (Å²) in [5.74, 6) is -0.393. The summed E-state index contributed by atoms with van der Waals surface area (Å²) >= 11 is 0. The molecule has 0 radical (unpaired) electrons. The van der Waals surface area contributed by atoms with Crippen LogP contribution in [-0.2, 0) is 7.05 Å². The van der Waals surface area contributed by atoms with E-state index in [2.05, 4.69) is 4.98 Å². The molecule has 1 aromatic carbocycles. The molecule has 1 amide bonds. The number of nitrogen functional groups attached to an aromatic ring is 1. The van der Waals surface area contributed by atoms with Crippen molar-refractivity contribution in [2.45, 2.75) is 0 Å². The quantitative estimate of drug-likeness (QED) is 0.674. The summed E-state index contributed by atoms with van der Waals surface area (Å²) < 4.78 is 1.95. The molecule has 2 heterocycles. The maximum Gasteiger partial charge on any atom is 0.252 e. The fourth-order valence-corrected chi connectivity index (χ4v) is 2.28. The van der Waals surface area contributed by atoms with E-state index in [1.807, 2.05) is 35.9 Å². The Morgan fingerprint density at radius 1 is 1.28 bits per heavy atom. The fraction of sp³-hybridized carbons (Fsp3) is 0.0769. The number of hydrogen-bond acceptors (Lipinski definition) is 3. The molecular weight excluding hydrogens is 228 g/mol. The summed E-state index contributed by atoms with van der Waals surface area (Å²) in [6.45, 7) is 0. The summed E-state index contributed by atoms with van der Waals surface area (Å²) in [6.07, 6.45) is 0. The number of aryl methyl sites for hydroxylation is 1. The van der Waals surface area contributed by atoms with Crippen molar-refractivity contribution in [1.82, 2.24) is 9.55 Å². The SMILES string of the molecule is Cn1c2ccccc2c2cc(C(N)=O)c(N)nc21. The third-order valence-electron chi connectivity index (χ3n) is 3.17. The van der Waals surface area contributed by atoms with E-state index in [0.717, 1.165) is 21.9 Å². The van der Waals surface area contributed by atoms with Crippen LogP contribution in [0.2, 0.25) is 0 Å². The number of primary amides is 1. The number of fused-ring (bicyclic) bond motifs is 3. The van der Waals surface area contributed by atoms with Gasteiger partial charge in [0.1, 0.15) is 11.5 Å². The van der Waals surface area contributed by atoms with Gasteiger partial charge < -0.3 is 16.0 Å². The fourth-order valence-electron chi connectivity index (χ4n) is 2.28. The van der Waals surface area contributed by atoms with Gasteiger partial charge in [-0.2, -0.15) is 0 Å². The van der Waals surface area contributed by atoms with Crippen molar-refractivity contribution in [3.05, 3.63) is 35.9 Å². The molecule has 0 saturated carbocycles. The molecule has 0 fully saturated rings. The third kappa shape index (κ3) is 1.27. The highest BCUT2D eigenvalue weighted by Crippen LogP contribution is 2.28. The number of aromatic nitrogens is 2. The Labute approximate surface area is 103 Å². The van der Waals surface area contributed by atoms with Gasteiger partial charge in [-0.05, 0) is 12.1 Å². The van der Waals surface area contributed by atoms with Gasteiger partial charge in [-0.3, -0.25) is 4.79 Å². The monoisotopic (exact) mass is 240 g/mol. The molecule has 3 rings (SSSR count). The summed E-state index contributed by atoms with van der Waals surface area (Å²) in [6, 6.07) is 9.60. The number of anilines is 1. The molecule has 0 atom stereocenters. The second-order valence-corrected chi connectivity index (χ2v) is 4.23. The molecule has 2 aromatic heterocycles. The molecule has 5 nitrogen and oxygen atoms in total. The van der Waals surface area contributed by atoms with Crippen LogP contribution in [0.3, 0.4) is 0 Å². The first-order valence-corrected chi connectivity index (χ1v) is 5.53. The van der Waals surface area contributed by atoms with Gasteiger partial charge in [0.2, 0.25) is 0 Å². The smallest absolute Gasteiger partial charge is 0.252 e. The van der Waals surface area contributed by atoms with E-state index in [1.54, 1.807) is 6.07 Å². The Kier molecular flexibility index (Phi) is 2.04. The predicted molar refractivity (Wildman–Crippen MR) is 71.2 cm³/mol. The van der Waals surface area contributed by atoms with Crippen LogP contribution in [0.4, 0.5) is 5.82 Å². The first-order valence-electron chi connectivity index (χ1n) is 5.53. The lowest BCUT2D eigenvalue weighted by Gasteiger charge is -2.02. The molecule has 3 aromatic rings. The van der Waals surface area contributed by atoms with Crippen LogP contribution in [-0.4, -0.2) is 15.5 Å². The van der Waals surface area contributed by atoms with Gasteiger partial charge in [0, 0.05) is 17.8 Å². The number of carbonyl (C=O) groups excluding carboxylic acids is 1. The minimum Gasteiger partial charge on any atom is -0.383 e. The summed E-state index contributed by atoms with van der Waals surface area (Å²) in [5.41, 5.74) is 13.1. The van der Waals surface area contributed by atoms with Crippen molar-refractivity contribution in [2.24, 2.45) is 12.8 Å². The number of nitrogens with two attached hydrogens (primary N) is 2. The van der Waals surface area contributed by atoms with Crippen molar-refractivity contribution in [3.8, 4) is 0 Å². The van der Waals surface area contributed by atoms with Gasteiger partial charge in [-0.25, -0.2) is 4.98 Å². The van der Waals surface area contributed by atoms with Crippen molar-refractivity contribution in [2.75, 3.05) is 5.73 Å². The Bertz CT molecular complexity index is 788. The first kappa shape index (κ1) is 10.6. The average molecular weight is 240 g/mol. The van der Waals surface area contributed by atoms with Crippen LogP contribution < -0.4 is 11.5 Å². The van der Waals surface area contributed by atoms with Gasteiger partial charge in [-0.15, -0.1) is 0 Å². The van der Waals surface area contributed by atoms with Crippen LogP contribution in [0.1, 0.15) is 10.4 Å². The highest BCUT2D eigenvalue weighted by atomic mass is 16.1. The zero-order chi connectivity index (χ0) is 12.9. The number of para-hydroxylation sites is 1. The van der Waals surface area contributed by atoms with Crippen molar-refractivity contribution < 1.29 is 4.79 Å². The number of carbonyl (C=O) groups is 1. The number of rotatable bonds is 1. The van der Waals surface area contributed by atoms with Crippen LogP contribution in [0.15, 0.2) is 30.3 Å². The molecular formula is C13H12N4O. The van der Waals surface area contributed by atoms with Crippen LogP contribution >= 0.6 is 0 Å². The van der Waals surface area contributed by atoms with E-state index in [0.29, 0.717) is 0 Å². The van der Waals surface area contributed by atoms with E-state index in [-0.39, 0.29) is 11.4 Å². The molecule has 0 saturated heterocycles. The molecule has 0 bridgehead atoms. The molecule has 18 heavy (non-hydrogen) atoms. The highest BCUT2D eigenvalue weighted by Gasteiger charge is 2.14. The second-order valence-electron chi connectivity index (χ2n) is 4.23. The van der Waals surface area contributed by atoms with E-state index in [1.165, 1.54) is 0 Å². The minimum atomic E-state index is -0.560. The summed E-state index contributed by atoms with van der Waals surface area (Å²) in [7, 11) is 1.92. The van der Waals surface area contributed by atoms with Crippen molar-refractivity contribution in [1.29, 1.82) is 0 Å². The Balaban J connectivity index is 2.54. The average Bonchev–Trinajstić information content (AvgIpc) is 2.62. The standard InChI is InChI=1S/C13H12N4O/c1-17-10-5-3-2-4-7(10)8-6-9(12(15)18)11(14)16-13(8)17/h2-6H,1H3,(H2,14,16)(H2,15,18). The van der Waals surface area contributed by atoms with Crippen LogP contribution in [0, 0.1) is 0 Å². The van der Waals surface area contributed by atoms with Crippen LogP contribution in [0.25, 0.3) is 21.9 Å². The van der Waals surface area contributed by atoms with Gasteiger partial charge in [0.25, 0.3) is 5.91 Å². The minimum absolute atomic E-state index is 0.168. The molecule has 0 aliphatic carbocycles. The number of amides is 1. The molecule has 4 N–H and O–H groups in total. The van der Waals surface area contributed by atoms with Crippen molar-refractivity contribution in [3.63, 3.8) is 0 Å². The maximum absolute atomic E-state index is 11.3. The summed E-state index contributed by atoms with van der Waals surface area (Å²) in [4.78, 5) is 15.6. The molecule has 0 unspecified atom stereocenters. The van der Waals surface area contributed by atoms with Gasteiger partial charge in [0.05, 0.1) is 11.1 Å². The molecule has 0 aliphatic heterocycles. The van der Waals surface area contributed by atoms with E-state index in [9.17, 15) is 4.79 Å². The molecule has 5 heteroatoms. The lowest BCUT2D eigenvalue weighted by atomic mass is 10.1. The maximum atomic E-state index is 11.3. The first-order chi connectivity index (χ1) is 8.59. The van der Waals surface area contributed by atoms with E-state index >= 15 is 0 Å². The van der Waals surface area contributed by atoms with Gasteiger partial charge in [0.15, 0.2) is 0 Å². The number of nitrogens with zero attached hydrogens (tertiary/aromatic N) is 2. The van der Waals surface area contributed by atoms with Crippen LogP contribution in [0.5, 0.6) is 0 Å². The Morgan fingerprint density at radius 2 is 2.00 bits per heavy atom. The number of pyridine rings is 1. The number of benzene rings is 1. The lowest BCUT2D eigenvalue weighted by Crippen LogP contribution is -2.14. The normalized spacial score (nSPS) is 11.2. The zero-order valence-electron chi connectivity index (χ0n) is 9.84. The summed E-state index contributed by atoms with van der Waals surface area (Å²) in [5, 5.41) is 1.92. The third-order valence-corrected chi connectivity index (χ3v) is 3.17. The molecule has 0 spiro atoms. The Morgan fingerprint density at radius 3 is 2.72 bits per heavy atom. The Hall–Kier alpha value is -2.56. The largest absolute Gasteiger partial charge is 0.383 e. The lowest BCUT2D eigenvalue weighted by molar-refractivity contribution is 0.100. The van der Waals surface area contributed by atoms with Gasteiger partial charge in [-0.1, -0.05) is 18.2 Å². The van der Waals surface area contributed by atoms with Gasteiger partial charge >= 0.3 is 0 Å². The molecule has 0 aliphatic rings. The second kappa shape index (κ2) is 3.46.